The molecule has 0 aliphatic carbocycles. The van der Waals surface area contributed by atoms with Crippen LogP contribution in [0.4, 0.5) is 5.95 Å². The minimum atomic E-state index is -0.419. The third kappa shape index (κ3) is 2.62. The number of carbonyl (C=O) groups excluding carboxylic acids is 1. The lowest BCUT2D eigenvalue weighted by Gasteiger charge is -2.02. The van der Waals surface area contributed by atoms with Gasteiger partial charge in [0.25, 0.3) is 5.91 Å². The zero-order valence-corrected chi connectivity index (χ0v) is 11.2. The molecule has 106 valence electrons. The van der Waals surface area contributed by atoms with Crippen LogP contribution in [0.3, 0.4) is 0 Å². The van der Waals surface area contributed by atoms with E-state index in [2.05, 4.69) is 20.5 Å². The highest BCUT2D eigenvalue weighted by molar-refractivity contribution is 6.05. The third-order valence-corrected chi connectivity index (χ3v) is 2.84. The van der Waals surface area contributed by atoms with E-state index < -0.39 is 5.91 Å². The van der Waals surface area contributed by atoms with Crippen molar-refractivity contribution in [3.63, 3.8) is 0 Å². The molecule has 0 saturated heterocycles. The summed E-state index contributed by atoms with van der Waals surface area (Å²) >= 11 is 0. The van der Waals surface area contributed by atoms with Gasteiger partial charge in [0.15, 0.2) is 5.76 Å². The summed E-state index contributed by atoms with van der Waals surface area (Å²) in [7, 11) is 1.44. The number of hydrogen-bond acceptors (Lipinski definition) is 5. The second-order valence-electron chi connectivity index (χ2n) is 4.15. The second kappa shape index (κ2) is 5.49. The van der Waals surface area contributed by atoms with E-state index in [0.29, 0.717) is 5.56 Å². The van der Waals surface area contributed by atoms with Crippen molar-refractivity contribution in [2.45, 2.75) is 0 Å². The quantitative estimate of drug-likeness (QED) is 0.767. The summed E-state index contributed by atoms with van der Waals surface area (Å²) in [6.07, 6.45) is 1.47. The van der Waals surface area contributed by atoms with Crippen molar-refractivity contribution in [3.05, 3.63) is 48.4 Å². The van der Waals surface area contributed by atoms with Gasteiger partial charge in [-0.1, -0.05) is 30.3 Å². The Kier molecular flexibility index (Phi) is 3.38. The SMILES string of the molecule is COc1n[nH]c(NC(=O)c2occc2-c2ccccc2)n1. The number of carbonyl (C=O) groups is 1. The first-order valence-electron chi connectivity index (χ1n) is 6.18. The summed E-state index contributed by atoms with van der Waals surface area (Å²) in [4.78, 5) is 16.2. The monoisotopic (exact) mass is 284 g/mol. The molecule has 2 heterocycles. The van der Waals surface area contributed by atoms with Gasteiger partial charge >= 0.3 is 6.01 Å². The summed E-state index contributed by atoms with van der Waals surface area (Å²) in [5.74, 6) is -0.0264. The minimum absolute atomic E-state index is 0.146. The zero-order valence-electron chi connectivity index (χ0n) is 11.2. The van der Waals surface area contributed by atoms with Gasteiger partial charge in [-0.15, -0.1) is 5.10 Å². The van der Waals surface area contributed by atoms with Gasteiger partial charge in [0.05, 0.1) is 13.4 Å². The summed E-state index contributed by atoms with van der Waals surface area (Å²) in [5.41, 5.74) is 1.60. The smallest absolute Gasteiger partial charge is 0.336 e. The molecule has 2 aromatic heterocycles. The van der Waals surface area contributed by atoms with E-state index in [9.17, 15) is 4.79 Å². The molecular weight excluding hydrogens is 272 g/mol. The predicted octanol–water partition coefficient (Wildman–Crippen LogP) is 2.33. The van der Waals surface area contributed by atoms with E-state index in [1.165, 1.54) is 13.4 Å². The Morgan fingerprint density at radius 2 is 2.10 bits per heavy atom. The van der Waals surface area contributed by atoms with E-state index in [4.69, 9.17) is 9.15 Å². The van der Waals surface area contributed by atoms with E-state index in [1.807, 2.05) is 30.3 Å². The van der Waals surface area contributed by atoms with Crippen molar-refractivity contribution < 1.29 is 13.9 Å². The number of aromatic nitrogens is 3. The Bertz CT molecular complexity index is 748. The van der Waals surface area contributed by atoms with Crippen molar-refractivity contribution in [2.24, 2.45) is 0 Å². The molecule has 0 fully saturated rings. The van der Waals surface area contributed by atoms with Crippen LogP contribution in [0.5, 0.6) is 6.01 Å². The van der Waals surface area contributed by atoms with Gasteiger partial charge in [-0.2, -0.15) is 4.98 Å². The van der Waals surface area contributed by atoms with Crippen molar-refractivity contribution in [3.8, 4) is 17.1 Å². The fraction of sp³-hybridized carbons (Fsp3) is 0.0714. The van der Waals surface area contributed by atoms with E-state index in [1.54, 1.807) is 6.07 Å². The van der Waals surface area contributed by atoms with Crippen LogP contribution < -0.4 is 10.1 Å². The van der Waals surface area contributed by atoms with E-state index in [0.717, 1.165) is 5.56 Å². The van der Waals surface area contributed by atoms with Gasteiger partial charge < -0.3 is 9.15 Å². The molecule has 0 bridgehead atoms. The van der Waals surface area contributed by atoms with Gasteiger partial charge in [-0.25, -0.2) is 5.10 Å². The summed E-state index contributed by atoms with van der Waals surface area (Å²) < 4.78 is 10.1. The van der Waals surface area contributed by atoms with Crippen molar-refractivity contribution in [1.29, 1.82) is 0 Å². The van der Waals surface area contributed by atoms with E-state index >= 15 is 0 Å². The molecule has 1 aromatic carbocycles. The lowest BCUT2D eigenvalue weighted by molar-refractivity contribution is 0.0996. The van der Waals surface area contributed by atoms with E-state index in [-0.39, 0.29) is 17.7 Å². The van der Waals surface area contributed by atoms with Crippen LogP contribution in [0.1, 0.15) is 10.6 Å². The first kappa shape index (κ1) is 12.9. The molecule has 0 radical (unpaired) electrons. The average molecular weight is 284 g/mol. The number of anilines is 1. The van der Waals surface area contributed by atoms with Crippen LogP contribution in [0.2, 0.25) is 0 Å². The number of benzene rings is 1. The van der Waals surface area contributed by atoms with Crippen LogP contribution >= 0.6 is 0 Å². The van der Waals surface area contributed by atoms with Gasteiger partial charge in [-0.05, 0) is 11.6 Å². The summed E-state index contributed by atoms with van der Waals surface area (Å²) in [6.45, 7) is 0. The Labute approximate surface area is 120 Å². The number of amides is 1. The second-order valence-corrected chi connectivity index (χ2v) is 4.15. The molecule has 3 aromatic rings. The van der Waals surface area contributed by atoms with Crippen molar-refractivity contribution in [2.75, 3.05) is 12.4 Å². The Hall–Kier alpha value is -3.09. The molecule has 2 N–H and O–H groups in total. The Morgan fingerprint density at radius 3 is 2.81 bits per heavy atom. The fourth-order valence-electron chi connectivity index (χ4n) is 1.89. The summed E-state index contributed by atoms with van der Waals surface area (Å²) in [5, 5.41) is 8.86. The highest BCUT2D eigenvalue weighted by atomic mass is 16.5. The average Bonchev–Trinajstić information content (AvgIpc) is 3.17. The largest absolute Gasteiger partial charge is 0.466 e. The number of methoxy groups -OCH3 is 1. The zero-order chi connectivity index (χ0) is 14.7. The number of H-pyrrole nitrogens is 1. The molecule has 0 unspecified atom stereocenters. The third-order valence-electron chi connectivity index (χ3n) is 2.84. The topological polar surface area (TPSA) is 93.0 Å². The van der Waals surface area contributed by atoms with Gasteiger partial charge in [0.2, 0.25) is 5.95 Å². The number of furan rings is 1. The maximum absolute atomic E-state index is 12.2. The molecule has 21 heavy (non-hydrogen) atoms. The maximum Gasteiger partial charge on any atom is 0.336 e. The molecule has 7 heteroatoms. The summed E-state index contributed by atoms with van der Waals surface area (Å²) in [6, 6.07) is 11.4. The van der Waals surface area contributed by atoms with Crippen LogP contribution in [-0.4, -0.2) is 28.2 Å². The lowest BCUT2D eigenvalue weighted by Crippen LogP contribution is -2.13. The molecule has 0 saturated carbocycles. The van der Waals surface area contributed by atoms with Crippen molar-refractivity contribution in [1.82, 2.24) is 15.2 Å². The highest BCUT2D eigenvalue weighted by Gasteiger charge is 2.18. The van der Waals surface area contributed by atoms with Crippen LogP contribution in [0, 0.1) is 0 Å². The fourth-order valence-corrected chi connectivity index (χ4v) is 1.89. The number of nitrogens with zero attached hydrogens (tertiary/aromatic N) is 2. The standard InChI is InChI=1S/C14H12N4O3/c1-20-14-16-13(17-18-14)15-12(19)11-10(7-8-21-11)9-5-3-2-4-6-9/h2-8H,1H3,(H2,15,16,17,18,19). The number of nitrogens with one attached hydrogen (secondary N) is 2. The van der Waals surface area contributed by atoms with Gasteiger partial charge in [-0.3, -0.25) is 10.1 Å². The van der Waals surface area contributed by atoms with Crippen LogP contribution in [0.25, 0.3) is 11.1 Å². The molecule has 0 spiro atoms. The first-order chi connectivity index (χ1) is 10.3. The molecule has 0 atom stereocenters. The predicted molar refractivity (Wildman–Crippen MR) is 75.0 cm³/mol. The molecule has 0 aliphatic rings. The Morgan fingerprint density at radius 1 is 1.29 bits per heavy atom. The lowest BCUT2D eigenvalue weighted by atomic mass is 10.1. The van der Waals surface area contributed by atoms with Gasteiger partial charge in [0, 0.05) is 5.56 Å². The molecule has 7 nitrogen and oxygen atoms in total. The molecular formula is C14H12N4O3. The highest BCUT2D eigenvalue weighted by Crippen LogP contribution is 2.25. The van der Waals surface area contributed by atoms with Crippen molar-refractivity contribution >= 4 is 11.9 Å². The number of ether oxygens (including phenoxy) is 1. The minimum Gasteiger partial charge on any atom is -0.466 e. The molecule has 0 aliphatic heterocycles. The van der Waals surface area contributed by atoms with Crippen LogP contribution in [0.15, 0.2) is 47.1 Å². The number of hydrogen-bond donors (Lipinski definition) is 2. The maximum atomic E-state index is 12.2. The first-order valence-corrected chi connectivity index (χ1v) is 6.18. The number of aromatic amines is 1. The number of rotatable bonds is 4. The van der Waals surface area contributed by atoms with Gasteiger partial charge in [0.1, 0.15) is 0 Å². The Balaban J connectivity index is 1.84. The normalized spacial score (nSPS) is 10.3. The molecule has 3 rings (SSSR count). The molecule has 1 amide bonds. The van der Waals surface area contributed by atoms with Crippen LogP contribution in [-0.2, 0) is 0 Å².